The first-order valence-electron chi connectivity index (χ1n) is 5.13. The van der Waals surface area contributed by atoms with Gasteiger partial charge in [-0.3, -0.25) is 4.79 Å². The minimum absolute atomic E-state index is 0.00189. The third-order valence-corrected chi connectivity index (χ3v) is 2.62. The summed E-state index contributed by atoms with van der Waals surface area (Å²) in [6, 6.07) is 0. The first kappa shape index (κ1) is 11.5. The average Bonchev–Trinajstić information content (AvgIpc) is 2.50. The highest BCUT2D eigenvalue weighted by atomic mass is 16.3. The molecule has 0 aromatic carbocycles. The van der Waals surface area contributed by atoms with Crippen molar-refractivity contribution < 1.29 is 9.90 Å². The number of nitrogens with zero attached hydrogens (tertiary/aromatic N) is 1. The first-order chi connectivity index (χ1) is 6.44. The Kier molecular flexibility index (Phi) is 3.50. The molecule has 1 saturated heterocycles. The van der Waals surface area contributed by atoms with Gasteiger partial charge in [-0.2, -0.15) is 0 Å². The molecule has 1 atom stereocenters. The Morgan fingerprint density at radius 3 is 2.71 bits per heavy atom. The molecule has 0 spiro atoms. The fourth-order valence-corrected chi connectivity index (χ4v) is 1.83. The number of carbonyl (C=O) groups excluding carboxylic acids is 1. The van der Waals surface area contributed by atoms with Gasteiger partial charge in [-0.15, -0.1) is 0 Å². The summed E-state index contributed by atoms with van der Waals surface area (Å²) in [6.07, 6.45) is 0.725. The van der Waals surface area contributed by atoms with Crippen LogP contribution in [-0.2, 0) is 4.79 Å². The number of hydrogen-bond acceptors (Lipinski definition) is 3. The van der Waals surface area contributed by atoms with E-state index in [2.05, 4.69) is 5.32 Å². The van der Waals surface area contributed by atoms with Crippen LogP contribution >= 0.6 is 0 Å². The molecule has 4 heteroatoms. The van der Waals surface area contributed by atoms with Gasteiger partial charge in [0.2, 0.25) is 5.91 Å². The van der Waals surface area contributed by atoms with Crippen LogP contribution in [-0.4, -0.2) is 48.2 Å². The summed E-state index contributed by atoms with van der Waals surface area (Å²) < 4.78 is 0. The fraction of sp³-hybridized carbons (Fsp3) is 0.900. The molecule has 82 valence electrons. The van der Waals surface area contributed by atoms with Crippen LogP contribution in [0.2, 0.25) is 0 Å². The molecule has 1 heterocycles. The molecule has 1 rings (SSSR count). The van der Waals surface area contributed by atoms with Crippen LogP contribution < -0.4 is 5.32 Å². The summed E-state index contributed by atoms with van der Waals surface area (Å²) in [6.45, 7) is 5.59. The van der Waals surface area contributed by atoms with E-state index in [0.29, 0.717) is 13.1 Å². The van der Waals surface area contributed by atoms with Crippen molar-refractivity contribution in [2.24, 2.45) is 5.92 Å². The van der Waals surface area contributed by atoms with E-state index in [0.717, 1.165) is 13.0 Å². The highest BCUT2D eigenvalue weighted by Gasteiger charge is 2.33. The lowest BCUT2D eigenvalue weighted by molar-refractivity contribution is -0.136. The minimum Gasteiger partial charge on any atom is -0.387 e. The van der Waals surface area contributed by atoms with Gasteiger partial charge in [0, 0.05) is 19.5 Å². The number of hydrogen-bond donors (Lipinski definition) is 2. The van der Waals surface area contributed by atoms with E-state index >= 15 is 0 Å². The molecule has 0 aromatic heterocycles. The molecule has 1 aliphatic rings. The van der Waals surface area contributed by atoms with Crippen LogP contribution in [0.15, 0.2) is 0 Å². The lowest BCUT2D eigenvalue weighted by Gasteiger charge is -2.29. The molecule has 1 amide bonds. The summed E-state index contributed by atoms with van der Waals surface area (Å²) in [4.78, 5) is 13.2. The standard InChI is InChI=1S/C10H20N2O2/c1-8(2)9(13)12(3)7-10(14)4-5-11-6-10/h8,11,14H,4-7H2,1-3H3. The van der Waals surface area contributed by atoms with Crippen molar-refractivity contribution in [1.29, 1.82) is 0 Å². The van der Waals surface area contributed by atoms with Crippen LogP contribution in [0.4, 0.5) is 0 Å². The second kappa shape index (κ2) is 4.28. The Morgan fingerprint density at radius 2 is 2.29 bits per heavy atom. The van der Waals surface area contributed by atoms with Gasteiger partial charge >= 0.3 is 0 Å². The van der Waals surface area contributed by atoms with E-state index in [4.69, 9.17) is 0 Å². The summed E-state index contributed by atoms with van der Waals surface area (Å²) in [5, 5.41) is 13.1. The van der Waals surface area contributed by atoms with Crippen molar-refractivity contribution in [3.8, 4) is 0 Å². The van der Waals surface area contributed by atoms with Crippen LogP contribution in [0.5, 0.6) is 0 Å². The zero-order valence-corrected chi connectivity index (χ0v) is 9.21. The van der Waals surface area contributed by atoms with E-state index < -0.39 is 5.60 Å². The van der Waals surface area contributed by atoms with Gasteiger partial charge in [0.15, 0.2) is 0 Å². The molecule has 14 heavy (non-hydrogen) atoms. The molecule has 1 unspecified atom stereocenters. The number of carbonyl (C=O) groups is 1. The maximum Gasteiger partial charge on any atom is 0.224 e. The number of nitrogens with one attached hydrogen (secondary N) is 1. The van der Waals surface area contributed by atoms with E-state index in [1.807, 2.05) is 13.8 Å². The summed E-state index contributed by atoms with van der Waals surface area (Å²) in [5.74, 6) is 0.0864. The first-order valence-corrected chi connectivity index (χ1v) is 5.13. The second-order valence-electron chi connectivity index (χ2n) is 4.50. The third-order valence-electron chi connectivity index (χ3n) is 2.62. The molecule has 1 fully saturated rings. The van der Waals surface area contributed by atoms with Gasteiger partial charge < -0.3 is 15.3 Å². The van der Waals surface area contributed by atoms with Gasteiger partial charge in [0.1, 0.15) is 0 Å². The van der Waals surface area contributed by atoms with Gasteiger partial charge in [-0.1, -0.05) is 13.8 Å². The van der Waals surface area contributed by atoms with Gasteiger partial charge in [0.25, 0.3) is 0 Å². The molecule has 0 saturated carbocycles. The molecule has 0 aromatic rings. The van der Waals surface area contributed by atoms with Crippen molar-refractivity contribution in [2.75, 3.05) is 26.7 Å². The third kappa shape index (κ3) is 2.69. The van der Waals surface area contributed by atoms with Crippen LogP contribution in [0, 0.1) is 5.92 Å². The molecule has 2 N–H and O–H groups in total. The topological polar surface area (TPSA) is 52.6 Å². The van der Waals surface area contributed by atoms with Crippen LogP contribution in [0.25, 0.3) is 0 Å². The Hall–Kier alpha value is -0.610. The van der Waals surface area contributed by atoms with Gasteiger partial charge in [-0.25, -0.2) is 0 Å². The highest BCUT2D eigenvalue weighted by Crippen LogP contribution is 2.16. The monoisotopic (exact) mass is 200 g/mol. The minimum atomic E-state index is -0.723. The van der Waals surface area contributed by atoms with Crippen molar-refractivity contribution >= 4 is 5.91 Å². The van der Waals surface area contributed by atoms with Crippen LogP contribution in [0.3, 0.4) is 0 Å². The lowest BCUT2D eigenvalue weighted by Crippen LogP contribution is -2.46. The maximum absolute atomic E-state index is 11.6. The number of β-amino-alcohol motifs (C(OH)–C–C–N with tert-alkyl or cyclic N) is 1. The van der Waals surface area contributed by atoms with E-state index in [1.54, 1.807) is 11.9 Å². The van der Waals surface area contributed by atoms with Crippen molar-refractivity contribution in [3.63, 3.8) is 0 Å². The summed E-state index contributed by atoms with van der Waals surface area (Å²) in [7, 11) is 1.75. The predicted octanol–water partition coefficient (Wildman–Crippen LogP) is -0.175. The molecular formula is C10H20N2O2. The zero-order valence-electron chi connectivity index (χ0n) is 9.21. The van der Waals surface area contributed by atoms with Gasteiger partial charge in [-0.05, 0) is 13.0 Å². The smallest absolute Gasteiger partial charge is 0.224 e. The molecule has 0 bridgehead atoms. The maximum atomic E-state index is 11.6. The largest absolute Gasteiger partial charge is 0.387 e. The van der Waals surface area contributed by atoms with Crippen molar-refractivity contribution in [3.05, 3.63) is 0 Å². The SMILES string of the molecule is CC(C)C(=O)N(C)CC1(O)CCNC1. The quantitative estimate of drug-likeness (QED) is 0.665. The normalized spacial score (nSPS) is 26.9. The summed E-state index contributed by atoms with van der Waals surface area (Å²) >= 11 is 0. The van der Waals surface area contributed by atoms with Crippen molar-refractivity contribution in [2.45, 2.75) is 25.9 Å². The highest BCUT2D eigenvalue weighted by molar-refractivity contribution is 5.77. The predicted molar refractivity (Wildman–Crippen MR) is 54.9 cm³/mol. The fourth-order valence-electron chi connectivity index (χ4n) is 1.83. The number of rotatable bonds is 3. The molecule has 0 aliphatic carbocycles. The Labute approximate surface area is 85.3 Å². The lowest BCUT2D eigenvalue weighted by atomic mass is 10.0. The number of aliphatic hydroxyl groups is 1. The Balaban J connectivity index is 2.47. The van der Waals surface area contributed by atoms with Crippen molar-refractivity contribution in [1.82, 2.24) is 10.2 Å². The number of likely N-dealkylation sites (N-methyl/N-ethyl adjacent to an activating group) is 1. The Bertz CT molecular complexity index is 210. The van der Waals surface area contributed by atoms with E-state index in [-0.39, 0.29) is 11.8 Å². The van der Waals surface area contributed by atoms with E-state index in [9.17, 15) is 9.90 Å². The summed E-state index contributed by atoms with van der Waals surface area (Å²) in [5.41, 5.74) is -0.723. The molecule has 0 radical (unpaired) electrons. The molecule has 4 nitrogen and oxygen atoms in total. The Morgan fingerprint density at radius 1 is 1.64 bits per heavy atom. The molecule has 1 aliphatic heterocycles. The second-order valence-corrected chi connectivity index (χ2v) is 4.50. The number of amides is 1. The van der Waals surface area contributed by atoms with Gasteiger partial charge in [0.05, 0.1) is 12.1 Å². The zero-order chi connectivity index (χ0) is 10.8. The van der Waals surface area contributed by atoms with E-state index in [1.165, 1.54) is 0 Å². The average molecular weight is 200 g/mol. The van der Waals surface area contributed by atoms with Crippen LogP contribution in [0.1, 0.15) is 20.3 Å². The molecular weight excluding hydrogens is 180 g/mol.